The van der Waals surface area contributed by atoms with Crippen molar-refractivity contribution >= 4 is 39.0 Å². The highest BCUT2D eigenvalue weighted by molar-refractivity contribution is 9.10. The van der Waals surface area contributed by atoms with Gasteiger partial charge in [-0.3, -0.25) is 0 Å². The number of halogens is 2. The molecule has 0 aliphatic carbocycles. The van der Waals surface area contributed by atoms with Crippen LogP contribution in [0.1, 0.15) is 0 Å². The predicted molar refractivity (Wildman–Crippen MR) is 137 cm³/mol. The Balaban J connectivity index is 1.78. The third kappa shape index (κ3) is 4.20. The number of hydrogen-bond donors (Lipinski definition) is 1. The summed E-state index contributed by atoms with van der Waals surface area (Å²) in [5.41, 5.74) is 5.99. The zero-order valence-electron chi connectivity index (χ0n) is 17.0. The summed E-state index contributed by atoms with van der Waals surface area (Å²) >= 11 is 9.65. The molecule has 5 heteroatoms. The predicted octanol–water partition coefficient (Wildman–Crippen LogP) is 8.37. The molecule has 1 aromatic heterocycles. The van der Waals surface area contributed by atoms with Gasteiger partial charge in [0.05, 0.1) is 11.3 Å². The van der Waals surface area contributed by atoms with Crippen LogP contribution < -0.4 is 5.32 Å². The molecule has 0 atom stereocenters. The fourth-order valence-corrected chi connectivity index (χ4v) is 4.04. The quantitative estimate of drug-likeness (QED) is 0.263. The summed E-state index contributed by atoms with van der Waals surface area (Å²) in [7, 11) is 0. The summed E-state index contributed by atoms with van der Waals surface area (Å²) in [6.07, 6.45) is 0. The van der Waals surface area contributed by atoms with Gasteiger partial charge in [0.15, 0.2) is 0 Å². The molecule has 156 valence electrons. The Morgan fingerprint density at radius 1 is 0.688 bits per heavy atom. The first-order valence-corrected chi connectivity index (χ1v) is 11.4. The van der Waals surface area contributed by atoms with Crippen molar-refractivity contribution in [1.29, 1.82) is 0 Å². The maximum absolute atomic E-state index is 6.12. The molecule has 0 aliphatic heterocycles. The fraction of sp³-hybridized carbons (Fsp3) is 0. The van der Waals surface area contributed by atoms with E-state index in [9.17, 15) is 0 Å². The Kier molecular flexibility index (Phi) is 5.80. The second-order valence-electron chi connectivity index (χ2n) is 7.32. The highest BCUT2D eigenvalue weighted by Gasteiger charge is 2.22. The monoisotopic (exact) mass is 499 g/mol. The number of nitrogens with one attached hydrogen (secondary N) is 1. The van der Waals surface area contributed by atoms with Crippen LogP contribution in [-0.4, -0.2) is 9.78 Å². The van der Waals surface area contributed by atoms with Crippen LogP contribution in [0.2, 0.25) is 5.02 Å². The molecule has 4 aromatic carbocycles. The second kappa shape index (κ2) is 9.03. The standard InChI is InChI=1S/C27H19BrClN3/c28-21-11-17-24(18-12-21)32-27(30-23-15-13-22(29)14-16-23)25(19-7-3-1-4-8-19)26(31-32)20-9-5-2-6-10-20/h1-18,30H. The number of hydrogen-bond acceptors (Lipinski definition) is 2. The maximum atomic E-state index is 6.12. The number of nitrogens with zero attached hydrogens (tertiary/aromatic N) is 2. The van der Waals surface area contributed by atoms with Gasteiger partial charge in [0.1, 0.15) is 11.5 Å². The van der Waals surface area contributed by atoms with E-state index in [1.54, 1.807) is 0 Å². The van der Waals surface area contributed by atoms with E-state index >= 15 is 0 Å². The minimum absolute atomic E-state index is 0.699. The van der Waals surface area contributed by atoms with Crippen LogP contribution in [0.4, 0.5) is 11.5 Å². The van der Waals surface area contributed by atoms with Crippen LogP contribution in [-0.2, 0) is 0 Å². The Hall–Kier alpha value is -3.34. The highest BCUT2D eigenvalue weighted by atomic mass is 79.9. The summed E-state index contributed by atoms with van der Waals surface area (Å²) < 4.78 is 2.98. The molecule has 0 radical (unpaired) electrons. The van der Waals surface area contributed by atoms with E-state index in [4.69, 9.17) is 16.7 Å². The summed E-state index contributed by atoms with van der Waals surface area (Å²) in [6, 6.07) is 36.5. The van der Waals surface area contributed by atoms with Crippen molar-refractivity contribution in [3.63, 3.8) is 0 Å². The lowest BCUT2D eigenvalue weighted by Gasteiger charge is -2.13. The second-order valence-corrected chi connectivity index (χ2v) is 8.68. The molecule has 1 N–H and O–H groups in total. The minimum Gasteiger partial charge on any atom is -0.340 e. The number of aromatic nitrogens is 2. The van der Waals surface area contributed by atoms with Crippen LogP contribution >= 0.6 is 27.5 Å². The highest BCUT2D eigenvalue weighted by Crippen LogP contribution is 2.40. The molecule has 0 amide bonds. The first-order chi connectivity index (χ1) is 15.7. The number of rotatable bonds is 5. The normalized spacial score (nSPS) is 10.8. The number of anilines is 2. The molecular formula is C27H19BrClN3. The van der Waals surface area contributed by atoms with Gasteiger partial charge in [-0.25, -0.2) is 4.68 Å². The summed E-state index contributed by atoms with van der Waals surface area (Å²) in [4.78, 5) is 0. The van der Waals surface area contributed by atoms with Gasteiger partial charge < -0.3 is 5.32 Å². The Morgan fingerprint density at radius 3 is 1.91 bits per heavy atom. The average molecular weight is 501 g/mol. The lowest BCUT2D eigenvalue weighted by molar-refractivity contribution is 0.891. The van der Waals surface area contributed by atoms with E-state index in [1.807, 2.05) is 89.6 Å². The van der Waals surface area contributed by atoms with Crippen molar-refractivity contribution < 1.29 is 0 Å². The topological polar surface area (TPSA) is 29.9 Å². The smallest absolute Gasteiger partial charge is 0.142 e. The lowest BCUT2D eigenvalue weighted by atomic mass is 10.0. The summed E-state index contributed by atoms with van der Waals surface area (Å²) in [6.45, 7) is 0. The van der Waals surface area contributed by atoms with Crippen LogP contribution in [0.25, 0.3) is 28.1 Å². The van der Waals surface area contributed by atoms with Crippen LogP contribution in [0.15, 0.2) is 114 Å². The molecule has 0 saturated carbocycles. The molecule has 5 rings (SSSR count). The van der Waals surface area contributed by atoms with Gasteiger partial charge in [0.25, 0.3) is 0 Å². The van der Waals surface area contributed by atoms with Gasteiger partial charge in [-0.1, -0.05) is 88.2 Å². The van der Waals surface area contributed by atoms with Crippen LogP contribution in [0.3, 0.4) is 0 Å². The van der Waals surface area contributed by atoms with Gasteiger partial charge in [-0.15, -0.1) is 0 Å². The van der Waals surface area contributed by atoms with Crippen molar-refractivity contribution in [3.8, 4) is 28.1 Å². The molecule has 32 heavy (non-hydrogen) atoms. The average Bonchev–Trinajstić information content (AvgIpc) is 3.21. The van der Waals surface area contributed by atoms with Crippen molar-refractivity contribution in [1.82, 2.24) is 9.78 Å². The molecule has 0 fully saturated rings. The van der Waals surface area contributed by atoms with Crippen LogP contribution in [0.5, 0.6) is 0 Å². The zero-order valence-corrected chi connectivity index (χ0v) is 19.4. The molecule has 0 aliphatic rings. The largest absolute Gasteiger partial charge is 0.340 e. The van der Waals surface area contributed by atoms with E-state index in [2.05, 4.69) is 45.5 Å². The molecular weight excluding hydrogens is 482 g/mol. The molecule has 1 heterocycles. The van der Waals surface area contributed by atoms with Gasteiger partial charge in [-0.05, 0) is 54.1 Å². The molecule has 0 unspecified atom stereocenters. The first-order valence-electron chi connectivity index (χ1n) is 10.2. The van der Waals surface area contributed by atoms with E-state index in [1.165, 1.54) is 0 Å². The zero-order chi connectivity index (χ0) is 21.9. The van der Waals surface area contributed by atoms with E-state index < -0.39 is 0 Å². The van der Waals surface area contributed by atoms with E-state index in [-0.39, 0.29) is 0 Å². The maximum Gasteiger partial charge on any atom is 0.142 e. The lowest BCUT2D eigenvalue weighted by Crippen LogP contribution is -2.03. The Labute approximate surface area is 200 Å². The van der Waals surface area contributed by atoms with Gasteiger partial charge in [0, 0.05) is 20.7 Å². The van der Waals surface area contributed by atoms with Crippen molar-refractivity contribution in [2.75, 3.05) is 5.32 Å². The van der Waals surface area contributed by atoms with Gasteiger partial charge >= 0.3 is 0 Å². The van der Waals surface area contributed by atoms with E-state index in [0.717, 1.165) is 44.0 Å². The van der Waals surface area contributed by atoms with Gasteiger partial charge in [-0.2, -0.15) is 5.10 Å². The minimum atomic E-state index is 0.699. The van der Waals surface area contributed by atoms with Crippen molar-refractivity contribution in [3.05, 3.63) is 119 Å². The van der Waals surface area contributed by atoms with Crippen LogP contribution in [0, 0.1) is 0 Å². The fourth-order valence-electron chi connectivity index (χ4n) is 3.65. The summed E-state index contributed by atoms with van der Waals surface area (Å²) in [5.74, 6) is 0.889. The van der Waals surface area contributed by atoms with Gasteiger partial charge in [0.2, 0.25) is 0 Å². The Morgan fingerprint density at radius 2 is 1.28 bits per heavy atom. The molecule has 3 nitrogen and oxygen atoms in total. The SMILES string of the molecule is Clc1ccc(Nc2c(-c3ccccc3)c(-c3ccccc3)nn2-c2ccc(Br)cc2)cc1. The first kappa shape index (κ1) is 20.6. The molecule has 0 bridgehead atoms. The van der Waals surface area contributed by atoms with Crippen molar-refractivity contribution in [2.45, 2.75) is 0 Å². The number of benzene rings is 4. The molecule has 0 saturated heterocycles. The molecule has 5 aromatic rings. The molecule has 0 spiro atoms. The third-order valence-electron chi connectivity index (χ3n) is 5.17. The summed E-state index contributed by atoms with van der Waals surface area (Å²) in [5, 5.41) is 9.38. The third-order valence-corrected chi connectivity index (χ3v) is 5.95. The van der Waals surface area contributed by atoms with E-state index in [0.29, 0.717) is 5.02 Å². The van der Waals surface area contributed by atoms with Crippen molar-refractivity contribution in [2.24, 2.45) is 0 Å². The Bertz CT molecular complexity index is 1330.